The van der Waals surface area contributed by atoms with Gasteiger partial charge in [-0.1, -0.05) is 18.2 Å². The number of hydrogen-bond acceptors (Lipinski definition) is 1. The van der Waals surface area contributed by atoms with Crippen LogP contribution in [-0.4, -0.2) is 0 Å². The van der Waals surface area contributed by atoms with Crippen LogP contribution in [0.3, 0.4) is 0 Å². The van der Waals surface area contributed by atoms with Crippen LogP contribution >= 0.6 is 0 Å². The lowest BCUT2D eigenvalue weighted by molar-refractivity contribution is 0.568. The van der Waals surface area contributed by atoms with Crippen molar-refractivity contribution in [2.24, 2.45) is 5.73 Å². The maximum Gasteiger partial charge on any atom is 0.0297 e. The van der Waals surface area contributed by atoms with Gasteiger partial charge in [0.15, 0.2) is 0 Å². The highest BCUT2D eigenvalue weighted by Gasteiger charge is 2.16. The van der Waals surface area contributed by atoms with Crippen molar-refractivity contribution in [3.63, 3.8) is 0 Å². The van der Waals surface area contributed by atoms with Gasteiger partial charge in [-0.2, -0.15) is 0 Å². The Balaban J connectivity index is 2.52. The predicted octanol–water partition coefficient (Wildman–Crippen LogP) is 2.33. The highest BCUT2D eigenvalue weighted by Crippen LogP contribution is 2.29. The Labute approximate surface area is 73.6 Å². The van der Waals surface area contributed by atoms with Gasteiger partial charge in [-0.25, -0.2) is 0 Å². The van der Waals surface area contributed by atoms with Crippen molar-refractivity contribution in [1.29, 1.82) is 0 Å². The summed E-state index contributed by atoms with van der Waals surface area (Å²) in [6, 6.07) is 6.75. The summed E-state index contributed by atoms with van der Waals surface area (Å²) in [5.41, 5.74) is 10.3. The number of aryl methyl sites for hydroxylation is 1. The fourth-order valence-electron chi connectivity index (χ4n) is 2.07. The average molecular weight is 161 g/mol. The quantitative estimate of drug-likeness (QED) is 0.621. The number of hydrogen-bond donors (Lipinski definition) is 1. The van der Waals surface area contributed by atoms with Gasteiger partial charge in [0.25, 0.3) is 0 Å². The summed E-state index contributed by atoms with van der Waals surface area (Å²) in [5.74, 6) is 0. The molecular weight excluding hydrogens is 146 g/mol. The van der Waals surface area contributed by atoms with Gasteiger partial charge in [0.1, 0.15) is 0 Å². The summed E-state index contributed by atoms with van der Waals surface area (Å²) in [7, 11) is 0. The number of fused-ring (bicyclic) bond motifs is 1. The maximum absolute atomic E-state index is 6.02. The van der Waals surface area contributed by atoms with E-state index in [9.17, 15) is 0 Å². The first-order valence-corrected chi connectivity index (χ1v) is 4.63. The van der Waals surface area contributed by atoms with Crippen LogP contribution in [0.1, 0.15) is 35.6 Å². The lowest BCUT2D eigenvalue weighted by Crippen LogP contribution is -2.17. The average Bonchev–Trinajstić information content (AvgIpc) is 2.07. The van der Waals surface area contributed by atoms with Gasteiger partial charge in [-0.3, -0.25) is 0 Å². The van der Waals surface area contributed by atoms with Crippen LogP contribution in [0.5, 0.6) is 0 Å². The largest absolute Gasteiger partial charge is 0.324 e. The van der Waals surface area contributed by atoms with Crippen molar-refractivity contribution in [3.8, 4) is 0 Å². The standard InChI is InChI=1S/C11H15N/c1-8-4-2-6-10-9(8)5-3-7-11(10)12/h2,4,6,11H,3,5,7,12H2,1H3/t11-/m0/s1. The van der Waals surface area contributed by atoms with E-state index in [0.717, 1.165) is 6.42 Å². The molecule has 1 aliphatic rings. The molecule has 0 aliphatic heterocycles. The molecule has 2 N–H and O–H groups in total. The molecular formula is C11H15N. The van der Waals surface area contributed by atoms with Crippen LogP contribution in [0.2, 0.25) is 0 Å². The third-order valence-corrected chi connectivity index (χ3v) is 2.79. The van der Waals surface area contributed by atoms with Gasteiger partial charge < -0.3 is 5.73 Å². The molecule has 0 saturated heterocycles. The molecule has 0 fully saturated rings. The molecule has 2 rings (SSSR count). The maximum atomic E-state index is 6.02. The van der Waals surface area contributed by atoms with Gasteiger partial charge >= 0.3 is 0 Å². The van der Waals surface area contributed by atoms with Crippen LogP contribution in [0, 0.1) is 6.92 Å². The van der Waals surface area contributed by atoms with Gasteiger partial charge in [0, 0.05) is 6.04 Å². The molecule has 0 spiro atoms. The molecule has 1 heteroatoms. The minimum Gasteiger partial charge on any atom is -0.324 e. The van der Waals surface area contributed by atoms with E-state index in [1.807, 2.05) is 0 Å². The molecule has 0 saturated carbocycles. The first kappa shape index (κ1) is 7.81. The van der Waals surface area contributed by atoms with E-state index >= 15 is 0 Å². The zero-order valence-corrected chi connectivity index (χ0v) is 7.51. The third kappa shape index (κ3) is 1.14. The molecule has 1 atom stereocenters. The second kappa shape index (κ2) is 2.91. The van der Waals surface area contributed by atoms with E-state index in [2.05, 4.69) is 25.1 Å². The lowest BCUT2D eigenvalue weighted by Gasteiger charge is -2.23. The van der Waals surface area contributed by atoms with Crippen molar-refractivity contribution >= 4 is 0 Å². The zero-order valence-electron chi connectivity index (χ0n) is 7.51. The van der Waals surface area contributed by atoms with E-state index in [1.165, 1.54) is 29.5 Å². The first-order valence-electron chi connectivity index (χ1n) is 4.63. The third-order valence-electron chi connectivity index (χ3n) is 2.79. The second-order valence-corrected chi connectivity index (χ2v) is 3.64. The predicted molar refractivity (Wildman–Crippen MR) is 51.0 cm³/mol. The fraction of sp³-hybridized carbons (Fsp3) is 0.455. The highest BCUT2D eigenvalue weighted by atomic mass is 14.6. The highest BCUT2D eigenvalue weighted by molar-refractivity contribution is 5.37. The summed E-state index contributed by atoms with van der Waals surface area (Å²) in [6.07, 6.45) is 3.62. The molecule has 1 aromatic carbocycles. The van der Waals surface area contributed by atoms with Crippen molar-refractivity contribution in [1.82, 2.24) is 0 Å². The molecule has 0 radical (unpaired) electrons. The zero-order chi connectivity index (χ0) is 8.55. The normalized spacial score (nSPS) is 22.0. The van der Waals surface area contributed by atoms with Gasteiger partial charge in [-0.15, -0.1) is 0 Å². The van der Waals surface area contributed by atoms with Crippen molar-refractivity contribution in [2.45, 2.75) is 32.2 Å². The molecule has 64 valence electrons. The molecule has 12 heavy (non-hydrogen) atoms. The Hall–Kier alpha value is -0.820. The molecule has 1 nitrogen and oxygen atoms in total. The Morgan fingerprint density at radius 1 is 1.42 bits per heavy atom. The summed E-state index contributed by atoms with van der Waals surface area (Å²) >= 11 is 0. The Morgan fingerprint density at radius 2 is 2.25 bits per heavy atom. The number of benzene rings is 1. The van der Waals surface area contributed by atoms with E-state index in [0.29, 0.717) is 0 Å². The van der Waals surface area contributed by atoms with Crippen LogP contribution < -0.4 is 5.73 Å². The Kier molecular flexibility index (Phi) is 1.89. The second-order valence-electron chi connectivity index (χ2n) is 3.64. The van der Waals surface area contributed by atoms with Crippen LogP contribution in [0.25, 0.3) is 0 Å². The fourth-order valence-corrected chi connectivity index (χ4v) is 2.07. The van der Waals surface area contributed by atoms with Crippen molar-refractivity contribution in [3.05, 3.63) is 34.9 Å². The minimum atomic E-state index is 0.286. The molecule has 0 bridgehead atoms. The smallest absolute Gasteiger partial charge is 0.0297 e. The Bertz CT molecular complexity index is 291. The summed E-state index contributed by atoms with van der Waals surface area (Å²) in [5, 5.41) is 0. The molecule has 0 unspecified atom stereocenters. The molecule has 0 aromatic heterocycles. The van der Waals surface area contributed by atoms with E-state index in [-0.39, 0.29) is 6.04 Å². The first-order chi connectivity index (χ1) is 5.79. The molecule has 1 aromatic rings. The van der Waals surface area contributed by atoms with Crippen LogP contribution in [0.4, 0.5) is 0 Å². The Morgan fingerprint density at radius 3 is 3.00 bits per heavy atom. The van der Waals surface area contributed by atoms with Gasteiger partial charge in [0.2, 0.25) is 0 Å². The monoisotopic (exact) mass is 161 g/mol. The van der Waals surface area contributed by atoms with Gasteiger partial charge in [-0.05, 0) is 42.9 Å². The summed E-state index contributed by atoms with van der Waals surface area (Å²) < 4.78 is 0. The number of rotatable bonds is 0. The van der Waals surface area contributed by atoms with E-state index in [4.69, 9.17) is 5.73 Å². The SMILES string of the molecule is Cc1cccc2c1CCC[C@@H]2N. The van der Waals surface area contributed by atoms with Crippen molar-refractivity contribution in [2.75, 3.05) is 0 Å². The molecule has 1 aliphatic carbocycles. The molecule has 0 amide bonds. The van der Waals surface area contributed by atoms with E-state index in [1.54, 1.807) is 0 Å². The van der Waals surface area contributed by atoms with Crippen LogP contribution in [0.15, 0.2) is 18.2 Å². The van der Waals surface area contributed by atoms with Gasteiger partial charge in [0.05, 0.1) is 0 Å². The lowest BCUT2D eigenvalue weighted by atomic mass is 9.86. The van der Waals surface area contributed by atoms with Crippen molar-refractivity contribution < 1.29 is 0 Å². The van der Waals surface area contributed by atoms with E-state index < -0.39 is 0 Å². The van der Waals surface area contributed by atoms with Crippen LogP contribution in [-0.2, 0) is 6.42 Å². The summed E-state index contributed by atoms with van der Waals surface area (Å²) in [4.78, 5) is 0. The minimum absolute atomic E-state index is 0.286. The molecule has 0 heterocycles. The number of nitrogens with two attached hydrogens (primary N) is 1. The summed E-state index contributed by atoms with van der Waals surface area (Å²) in [6.45, 7) is 2.18. The topological polar surface area (TPSA) is 26.0 Å².